The van der Waals surface area contributed by atoms with Crippen molar-refractivity contribution >= 4 is 33.1 Å². The van der Waals surface area contributed by atoms with Crippen molar-refractivity contribution in [2.75, 3.05) is 17.8 Å². The van der Waals surface area contributed by atoms with Gasteiger partial charge in [0.2, 0.25) is 0 Å². The van der Waals surface area contributed by atoms with E-state index in [-0.39, 0.29) is 0 Å². The molecule has 6 heteroatoms. The number of hydrogen-bond donors (Lipinski definition) is 2. The molecule has 0 atom stereocenters. The molecule has 3 aromatic heterocycles. The van der Waals surface area contributed by atoms with Gasteiger partial charge in [0, 0.05) is 29.1 Å². The summed E-state index contributed by atoms with van der Waals surface area (Å²) in [5.74, 6) is 7.86. The van der Waals surface area contributed by atoms with E-state index in [1.807, 2.05) is 23.5 Å². The van der Waals surface area contributed by atoms with Crippen LogP contribution in [0.4, 0.5) is 11.5 Å². The second kappa shape index (κ2) is 5.72. The summed E-state index contributed by atoms with van der Waals surface area (Å²) in [6.07, 6.45) is 4.37. The molecule has 24 heavy (non-hydrogen) atoms. The number of nitrogen functional groups attached to an aromatic ring is 1. The molecule has 0 bridgehead atoms. The monoisotopic (exact) mass is 339 g/mol. The minimum Gasteiger partial charge on any atom is -0.396 e. The quantitative estimate of drug-likeness (QED) is 0.561. The molecule has 1 aliphatic carbocycles. The molecule has 0 amide bonds. The van der Waals surface area contributed by atoms with Crippen molar-refractivity contribution in [3.05, 3.63) is 35.3 Å². The number of rotatable bonds is 3. The molecular formula is C18H21N5S. The van der Waals surface area contributed by atoms with E-state index in [2.05, 4.69) is 24.0 Å². The molecule has 0 aromatic carbocycles. The Hall–Kier alpha value is -2.18. The molecule has 4 N–H and O–H groups in total. The van der Waals surface area contributed by atoms with Crippen molar-refractivity contribution in [3.63, 3.8) is 0 Å². The molecule has 5 nitrogen and oxygen atoms in total. The Balaban J connectivity index is 1.68. The van der Waals surface area contributed by atoms with Crippen LogP contribution < -0.4 is 16.6 Å². The summed E-state index contributed by atoms with van der Waals surface area (Å²) in [4.78, 5) is 11.7. The molecule has 0 aliphatic heterocycles. The number of aromatic nitrogens is 2. The van der Waals surface area contributed by atoms with Gasteiger partial charge in [-0.3, -0.25) is 5.01 Å². The summed E-state index contributed by atoms with van der Waals surface area (Å²) in [5, 5.41) is 2.64. The molecule has 0 saturated heterocycles. The zero-order chi connectivity index (χ0) is 16.8. The number of thiophene rings is 1. The first-order valence-corrected chi connectivity index (χ1v) is 8.97. The van der Waals surface area contributed by atoms with Crippen LogP contribution in [0.5, 0.6) is 0 Å². The van der Waals surface area contributed by atoms with E-state index in [1.165, 1.54) is 28.1 Å². The minimum absolute atomic E-state index is 0.551. The zero-order valence-corrected chi connectivity index (χ0v) is 14.7. The van der Waals surface area contributed by atoms with E-state index < -0.39 is 0 Å². The highest BCUT2D eigenvalue weighted by Gasteiger charge is 2.28. The van der Waals surface area contributed by atoms with Crippen LogP contribution >= 0.6 is 11.3 Å². The Morgan fingerprint density at radius 2 is 2.04 bits per heavy atom. The van der Waals surface area contributed by atoms with Crippen LogP contribution in [0.3, 0.4) is 0 Å². The third-order valence-electron chi connectivity index (χ3n) is 4.70. The fourth-order valence-corrected chi connectivity index (χ4v) is 4.50. The minimum atomic E-state index is 0.551. The van der Waals surface area contributed by atoms with Crippen LogP contribution in [0.2, 0.25) is 0 Å². The second-order valence-electron chi connectivity index (χ2n) is 6.76. The first kappa shape index (κ1) is 15.4. The van der Waals surface area contributed by atoms with Crippen LogP contribution in [0.15, 0.2) is 30.5 Å². The molecule has 4 rings (SSSR count). The van der Waals surface area contributed by atoms with Gasteiger partial charge in [-0.15, -0.1) is 11.3 Å². The predicted molar refractivity (Wildman–Crippen MR) is 101 cm³/mol. The maximum Gasteiger partial charge on any atom is 0.165 e. The number of pyridine rings is 2. The fourth-order valence-electron chi connectivity index (χ4n) is 3.34. The Morgan fingerprint density at radius 3 is 2.71 bits per heavy atom. The van der Waals surface area contributed by atoms with Gasteiger partial charge in [-0.25, -0.2) is 15.8 Å². The van der Waals surface area contributed by atoms with Gasteiger partial charge in [0.1, 0.15) is 4.83 Å². The molecule has 1 aliphatic rings. The Labute approximate surface area is 145 Å². The van der Waals surface area contributed by atoms with E-state index >= 15 is 0 Å². The van der Waals surface area contributed by atoms with Crippen LogP contribution in [0, 0.1) is 5.92 Å². The molecule has 124 valence electrons. The van der Waals surface area contributed by atoms with E-state index in [4.69, 9.17) is 16.6 Å². The van der Waals surface area contributed by atoms with Crippen molar-refractivity contribution in [2.45, 2.75) is 25.7 Å². The summed E-state index contributed by atoms with van der Waals surface area (Å²) in [5.41, 5.74) is 8.40. The maximum absolute atomic E-state index is 6.05. The smallest absolute Gasteiger partial charge is 0.165 e. The summed E-state index contributed by atoms with van der Waals surface area (Å²) in [6, 6.07) is 8.35. The molecule has 0 radical (unpaired) electrons. The Bertz CT molecular complexity index is 896. The lowest BCUT2D eigenvalue weighted by atomic mass is 9.75. The molecule has 3 aromatic rings. The number of hydrazine groups is 1. The molecule has 1 fully saturated rings. The predicted octanol–water partition coefficient (Wildman–Crippen LogP) is 3.76. The second-order valence-corrected chi connectivity index (χ2v) is 7.82. The van der Waals surface area contributed by atoms with Crippen LogP contribution in [0.25, 0.3) is 21.5 Å². The van der Waals surface area contributed by atoms with Crippen LogP contribution in [0.1, 0.15) is 30.6 Å². The number of hydrogen-bond acceptors (Lipinski definition) is 6. The highest BCUT2D eigenvalue weighted by Crippen LogP contribution is 2.45. The topological polar surface area (TPSA) is 81.1 Å². The highest BCUT2D eigenvalue weighted by atomic mass is 32.1. The van der Waals surface area contributed by atoms with Crippen molar-refractivity contribution in [2.24, 2.45) is 11.8 Å². The molecule has 3 heterocycles. The van der Waals surface area contributed by atoms with Gasteiger partial charge in [0.15, 0.2) is 5.82 Å². The third-order valence-corrected chi connectivity index (χ3v) is 5.91. The standard InChI is InChI=1S/C18H21N5S/c1-10-5-12(6-10)16-8-11-3-4-15(22-18(11)24-16)13-7-14(19)17(21-9-13)23(2)20/h3-4,7-10,12H,5-6,19-20H2,1-2H3. The summed E-state index contributed by atoms with van der Waals surface area (Å²) >= 11 is 1.81. The first-order chi connectivity index (χ1) is 11.5. The zero-order valence-electron chi connectivity index (χ0n) is 13.9. The Morgan fingerprint density at radius 1 is 1.25 bits per heavy atom. The van der Waals surface area contributed by atoms with Gasteiger partial charge >= 0.3 is 0 Å². The lowest BCUT2D eigenvalue weighted by Gasteiger charge is -2.31. The molecular weight excluding hydrogens is 318 g/mol. The lowest BCUT2D eigenvalue weighted by molar-refractivity contribution is 0.292. The van der Waals surface area contributed by atoms with E-state index in [9.17, 15) is 0 Å². The van der Waals surface area contributed by atoms with Crippen molar-refractivity contribution in [3.8, 4) is 11.3 Å². The van der Waals surface area contributed by atoms with E-state index in [0.717, 1.165) is 27.9 Å². The summed E-state index contributed by atoms with van der Waals surface area (Å²) in [6.45, 7) is 2.32. The molecule has 0 spiro atoms. The largest absolute Gasteiger partial charge is 0.396 e. The van der Waals surface area contributed by atoms with Crippen LogP contribution in [-0.2, 0) is 0 Å². The third kappa shape index (κ3) is 2.61. The average Bonchev–Trinajstić information content (AvgIpc) is 2.93. The van der Waals surface area contributed by atoms with E-state index in [0.29, 0.717) is 11.5 Å². The highest BCUT2D eigenvalue weighted by molar-refractivity contribution is 7.18. The van der Waals surface area contributed by atoms with Crippen molar-refractivity contribution in [1.29, 1.82) is 0 Å². The van der Waals surface area contributed by atoms with Crippen molar-refractivity contribution < 1.29 is 0 Å². The van der Waals surface area contributed by atoms with Gasteiger partial charge < -0.3 is 5.73 Å². The Kier molecular flexibility index (Phi) is 3.66. The molecule has 0 unspecified atom stereocenters. The SMILES string of the molecule is CC1CC(c2cc3ccc(-c4cnc(N(C)N)c(N)c4)nc3s2)C1. The number of anilines is 2. The normalized spacial score (nSPS) is 20.1. The van der Waals surface area contributed by atoms with Gasteiger partial charge in [-0.05, 0) is 48.9 Å². The van der Waals surface area contributed by atoms with Crippen LogP contribution in [-0.4, -0.2) is 17.0 Å². The average molecular weight is 339 g/mol. The summed E-state index contributed by atoms with van der Waals surface area (Å²) in [7, 11) is 1.72. The molecule has 1 saturated carbocycles. The number of fused-ring (bicyclic) bond motifs is 1. The number of nitrogens with zero attached hydrogens (tertiary/aromatic N) is 3. The van der Waals surface area contributed by atoms with Gasteiger partial charge in [0.25, 0.3) is 0 Å². The van der Waals surface area contributed by atoms with Gasteiger partial charge in [-0.2, -0.15) is 0 Å². The van der Waals surface area contributed by atoms with Gasteiger partial charge in [0.05, 0.1) is 11.4 Å². The maximum atomic E-state index is 6.05. The lowest BCUT2D eigenvalue weighted by Crippen LogP contribution is -2.27. The fraction of sp³-hybridized carbons (Fsp3) is 0.333. The van der Waals surface area contributed by atoms with Crippen molar-refractivity contribution in [1.82, 2.24) is 9.97 Å². The number of nitrogens with two attached hydrogens (primary N) is 2. The van der Waals surface area contributed by atoms with E-state index in [1.54, 1.807) is 13.2 Å². The first-order valence-electron chi connectivity index (χ1n) is 8.16. The van der Waals surface area contributed by atoms with Gasteiger partial charge in [-0.1, -0.05) is 6.92 Å². The summed E-state index contributed by atoms with van der Waals surface area (Å²) < 4.78 is 0.